The fourth-order valence-corrected chi connectivity index (χ4v) is 3.52. The predicted molar refractivity (Wildman–Crippen MR) is 101 cm³/mol. The van der Waals surface area contributed by atoms with Crippen LogP contribution in [-0.4, -0.2) is 21.8 Å². The summed E-state index contributed by atoms with van der Waals surface area (Å²) in [5.41, 5.74) is 0.612. The van der Waals surface area contributed by atoms with Gasteiger partial charge in [0.15, 0.2) is 11.5 Å². The topological polar surface area (TPSA) is 83.6 Å². The van der Waals surface area contributed by atoms with Gasteiger partial charge in [-0.3, -0.25) is 14.5 Å². The number of benzene rings is 1. The number of rotatable bonds is 4. The number of Topliss-reactive ketones (excluding diaryl/α,β-unsaturated/α-hetero) is 1. The molecule has 0 saturated carbocycles. The van der Waals surface area contributed by atoms with Crippen molar-refractivity contribution in [3.63, 3.8) is 0 Å². The number of anilines is 1. The monoisotopic (exact) mass is 424 g/mol. The maximum absolute atomic E-state index is 13.0. The van der Waals surface area contributed by atoms with E-state index in [0.29, 0.717) is 11.4 Å². The van der Waals surface area contributed by atoms with Gasteiger partial charge in [-0.2, -0.15) is 0 Å². The molecule has 134 valence electrons. The fourth-order valence-electron chi connectivity index (χ4n) is 3.10. The van der Waals surface area contributed by atoms with Crippen LogP contribution in [0.1, 0.15) is 22.2 Å². The lowest BCUT2D eigenvalue weighted by molar-refractivity contribution is -0.117. The molecule has 0 spiro atoms. The molecule has 1 aromatic carbocycles. The molecule has 1 N–H and O–H groups in total. The molecule has 3 heterocycles. The van der Waals surface area contributed by atoms with Crippen molar-refractivity contribution in [2.24, 2.45) is 0 Å². The summed E-state index contributed by atoms with van der Waals surface area (Å²) in [6.07, 6.45) is 2.91. The summed E-state index contributed by atoms with van der Waals surface area (Å²) in [6.45, 7) is 0. The third-order valence-electron chi connectivity index (χ3n) is 4.26. The van der Waals surface area contributed by atoms with E-state index in [2.05, 4.69) is 20.9 Å². The number of halogens is 1. The molecule has 1 atom stereocenters. The maximum atomic E-state index is 13.0. The van der Waals surface area contributed by atoms with Gasteiger partial charge in [-0.1, -0.05) is 34.1 Å². The van der Waals surface area contributed by atoms with E-state index >= 15 is 0 Å². The number of pyridine rings is 1. The maximum Gasteiger partial charge on any atom is 0.295 e. The minimum absolute atomic E-state index is 0.0429. The molecule has 27 heavy (non-hydrogen) atoms. The van der Waals surface area contributed by atoms with Crippen LogP contribution in [0.2, 0.25) is 0 Å². The number of hydrogen-bond acceptors (Lipinski definition) is 5. The lowest BCUT2D eigenvalue weighted by atomic mass is 9.95. The summed E-state index contributed by atoms with van der Waals surface area (Å²) in [6, 6.07) is 14.6. The molecule has 0 saturated heterocycles. The van der Waals surface area contributed by atoms with E-state index in [-0.39, 0.29) is 11.3 Å². The first-order valence-corrected chi connectivity index (χ1v) is 8.88. The second-order valence-corrected chi connectivity index (χ2v) is 6.81. The highest BCUT2D eigenvalue weighted by Gasteiger charge is 2.45. The SMILES string of the molecule is O=C(C1=C(O)C(=O)N(c2ccccn2)[C@H]1c1cccc(Br)c1)c1ccco1. The van der Waals surface area contributed by atoms with E-state index in [1.807, 2.05) is 6.07 Å². The van der Waals surface area contributed by atoms with Gasteiger partial charge in [0, 0.05) is 10.7 Å². The molecule has 0 unspecified atom stereocenters. The summed E-state index contributed by atoms with van der Waals surface area (Å²) >= 11 is 3.41. The molecule has 0 radical (unpaired) electrons. The first-order valence-electron chi connectivity index (χ1n) is 8.09. The van der Waals surface area contributed by atoms with Crippen LogP contribution in [0, 0.1) is 0 Å². The molecule has 3 aromatic rings. The average molecular weight is 425 g/mol. The van der Waals surface area contributed by atoms with Crippen molar-refractivity contribution < 1.29 is 19.1 Å². The Labute approximate surface area is 162 Å². The Bertz CT molecular complexity index is 1040. The van der Waals surface area contributed by atoms with Crippen molar-refractivity contribution in [2.75, 3.05) is 4.90 Å². The third kappa shape index (κ3) is 2.96. The van der Waals surface area contributed by atoms with Gasteiger partial charge in [-0.25, -0.2) is 4.98 Å². The quantitative estimate of drug-likeness (QED) is 0.633. The Morgan fingerprint density at radius 1 is 1.15 bits per heavy atom. The van der Waals surface area contributed by atoms with Gasteiger partial charge < -0.3 is 9.52 Å². The molecule has 7 heteroatoms. The lowest BCUT2D eigenvalue weighted by Gasteiger charge is -2.25. The van der Waals surface area contributed by atoms with Crippen molar-refractivity contribution in [1.29, 1.82) is 0 Å². The van der Waals surface area contributed by atoms with Crippen molar-refractivity contribution in [3.05, 3.63) is 94.2 Å². The molecular formula is C20H13BrN2O4. The molecule has 4 rings (SSSR count). The number of furan rings is 1. The third-order valence-corrected chi connectivity index (χ3v) is 4.75. The molecule has 1 aliphatic heterocycles. The smallest absolute Gasteiger partial charge is 0.295 e. The number of ketones is 1. The highest BCUT2D eigenvalue weighted by Crippen LogP contribution is 2.41. The van der Waals surface area contributed by atoms with E-state index < -0.39 is 23.5 Å². The van der Waals surface area contributed by atoms with E-state index in [0.717, 1.165) is 4.47 Å². The summed E-state index contributed by atoms with van der Waals surface area (Å²) in [7, 11) is 0. The Balaban J connectivity index is 1.90. The highest BCUT2D eigenvalue weighted by atomic mass is 79.9. The summed E-state index contributed by atoms with van der Waals surface area (Å²) in [5, 5.41) is 10.5. The van der Waals surface area contributed by atoms with E-state index in [1.54, 1.807) is 48.7 Å². The van der Waals surface area contributed by atoms with Crippen LogP contribution in [0.4, 0.5) is 5.82 Å². The number of aliphatic hydroxyl groups excluding tert-OH is 1. The highest BCUT2D eigenvalue weighted by molar-refractivity contribution is 9.10. The van der Waals surface area contributed by atoms with E-state index in [4.69, 9.17) is 4.42 Å². The Morgan fingerprint density at radius 3 is 2.67 bits per heavy atom. The van der Waals surface area contributed by atoms with Gasteiger partial charge in [0.1, 0.15) is 5.82 Å². The van der Waals surface area contributed by atoms with Gasteiger partial charge >= 0.3 is 0 Å². The van der Waals surface area contributed by atoms with Gasteiger partial charge in [0.2, 0.25) is 5.78 Å². The molecule has 6 nitrogen and oxygen atoms in total. The minimum Gasteiger partial charge on any atom is -0.503 e. The molecule has 1 amide bonds. The van der Waals surface area contributed by atoms with Crippen LogP contribution in [-0.2, 0) is 4.79 Å². The largest absolute Gasteiger partial charge is 0.503 e. The van der Waals surface area contributed by atoms with Gasteiger partial charge in [-0.15, -0.1) is 0 Å². The zero-order valence-electron chi connectivity index (χ0n) is 13.9. The lowest BCUT2D eigenvalue weighted by Crippen LogP contribution is -2.31. The second-order valence-electron chi connectivity index (χ2n) is 5.89. The summed E-state index contributed by atoms with van der Waals surface area (Å²) < 4.78 is 5.97. The van der Waals surface area contributed by atoms with Crippen LogP contribution in [0.5, 0.6) is 0 Å². The molecule has 0 fully saturated rings. The van der Waals surface area contributed by atoms with Crippen molar-refractivity contribution in [2.45, 2.75) is 6.04 Å². The number of aliphatic hydroxyl groups is 1. The van der Waals surface area contributed by atoms with Gasteiger partial charge in [0.05, 0.1) is 17.9 Å². The van der Waals surface area contributed by atoms with Gasteiger partial charge in [-0.05, 0) is 42.0 Å². The first kappa shape index (κ1) is 17.2. The van der Waals surface area contributed by atoms with E-state index in [9.17, 15) is 14.7 Å². The standard InChI is InChI=1S/C20H13BrN2O4/c21-13-6-3-5-12(11-13)17-16(18(24)14-7-4-10-27-14)19(25)20(26)23(17)15-8-1-2-9-22-15/h1-11,17,25H/t17-/m0/s1. The van der Waals surface area contributed by atoms with Crippen LogP contribution >= 0.6 is 15.9 Å². The Morgan fingerprint density at radius 2 is 2.00 bits per heavy atom. The van der Waals surface area contributed by atoms with Crippen LogP contribution < -0.4 is 4.90 Å². The zero-order chi connectivity index (χ0) is 19.0. The number of carbonyl (C=O) groups is 2. The molecule has 2 aromatic heterocycles. The van der Waals surface area contributed by atoms with Gasteiger partial charge in [0.25, 0.3) is 5.91 Å². The van der Waals surface area contributed by atoms with Crippen molar-refractivity contribution in [3.8, 4) is 0 Å². The Hall–Kier alpha value is -3.19. The summed E-state index contributed by atoms with van der Waals surface area (Å²) in [5.74, 6) is -1.46. The van der Waals surface area contributed by atoms with Crippen molar-refractivity contribution >= 4 is 33.4 Å². The fraction of sp³-hybridized carbons (Fsp3) is 0.0500. The normalized spacial score (nSPS) is 16.9. The molecule has 0 bridgehead atoms. The predicted octanol–water partition coefficient (Wildman–Crippen LogP) is 4.22. The van der Waals surface area contributed by atoms with E-state index in [1.165, 1.54) is 17.2 Å². The van der Waals surface area contributed by atoms with Crippen LogP contribution in [0.15, 0.2) is 87.3 Å². The first-order chi connectivity index (χ1) is 13.1. The van der Waals surface area contributed by atoms with Crippen LogP contribution in [0.3, 0.4) is 0 Å². The average Bonchev–Trinajstić information content (AvgIpc) is 3.30. The number of hydrogen-bond donors (Lipinski definition) is 1. The number of nitrogens with zero attached hydrogens (tertiary/aromatic N) is 2. The number of carbonyl (C=O) groups excluding carboxylic acids is 2. The molecular weight excluding hydrogens is 412 g/mol. The van der Waals surface area contributed by atoms with Crippen LogP contribution in [0.25, 0.3) is 0 Å². The summed E-state index contributed by atoms with van der Waals surface area (Å²) in [4.78, 5) is 31.4. The Kier molecular flexibility index (Phi) is 4.37. The second kappa shape index (κ2) is 6.85. The number of aromatic nitrogens is 1. The number of amides is 1. The minimum atomic E-state index is -0.831. The van der Waals surface area contributed by atoms with Crippen molar-refractivity contribution in [1.82, 2.24) is 4.98 Å². The zero-order valence-corrected chi connectivity index (χ0v) is 15.5. The molecule has 1 aliphatic rings. The molecule has 0 aliphatic carbocycles.